The number of amides is 1. The van der Waals surface area contributed by atoms with Crippen LogP contribution < -0.4 is 0 Å². The third-order valence-corrected chi connectivity index (χ3v) is 7.40. The molecule has 2 nitrogen and oxygen atoms in total. The molecule has 158 valence electrons. The van der Waals surface area contributed by atoms with Gasteiger partial charge in [0.05, 0.1) is 5.41 Å². The molecule has 0 aromatic heterocycles. The largest absolute Gasteiger partial charge is 0.339 e. The van der Waals surface area contributed by atoms with Crippen molar-refractivity contribution in [1.82, 2.24) is 4.90 Å². The van der Waals surface area contributed by atoms with Crippen LogP contribution in [-0.4, -0.2) is 23.4 Å². The van der Waals surface area contributed by atoms with Crippen molar-refractivity contribution in [2.45, 2.75) is 116 Å². The minimum Gasteiger partial charge on any atom is -0.339 e. The second kappa shape index (κ2) is 10.6. The van der Waals surface area contributed by atoms with E-state index in [2.05, 4.69) is 37.0 Å². The summed E-state index contributed by atoms with van der Waals surface area (Å²) < 4.78 is 0. The number of carbonyl (C=O) groups is 1. The highest BCUT2D eigenvalue weighted by Crippen LogP contribution is 2.59. The van der Waals surface area contributed by atoms with Crippen LogP contribution in [0.2, 0.25) is 0 Å². The van der Waals surface area contributed by atoms with Crippen LogP contribution >= 0.6 is 0 Å². The van der Waals surface area contributed by atoms with Crippen molar-refractivity contribution in [2.75, 3.05) is 6.54 Å². The number of unbranched alkanes of at least 4 members (excludes halogenated alkanes) is 8. The van der Waals surface area contributed by atoms with E-state index in [0.717, 1.165) is 19.4 Å². The highest BCUT2D eigenvalue weighted by Gasteiger charge is 2.59. The molecule has 2 aliphatic carbocycles. The van der Waals surface area contributed by atoms with Gasteiger partial charge in [0, 0.05) is 12.6 Å². The normalized spacial score (nSPS) is 28.8. The number of nitrogens with zero attached hydrogens (tertiary/aromatic N) is 1. The van der Waals surface area contributed by atoms with Gasteiger partial charge in [-0.05, 0) is 50.9 Å². The number of rotatable bonds is 12. The predicted octanol–water partition coefficient (Wildman–Crippen LogP) is 7.20. The standard InChI is InChI=1S/C26H43NO/c1-3-5-6-7-8-9-10-11-12-15-22-17-18-26(21-23(26)20-22)25(28)27-19-14-13-16-24(27)4-2/h17-18,20,23-24H,3-16,19,21H2,1-2H3/t23?,24-,26?/m1/s1. The Morgan fingerprint density at radius 2 is 1.75 bits per heavy atom. The van der Waals surface area contributed by atoms with Crippen LogP contribution in [0, 0.1) is 11.3 Å². The van der Waals surface area contributed by atoms with Crippen molar-refractivity contribution in [3.8, 4) is 0 Å². The Kier molecular flexibility index (Phi) is 8.23. The van der Waals surface area contributed by atoms with E-state index in [1.807, 2.05) is 0 Å². The van der Waals surface area contributed by atoms with Gasteiger partial charge in [0.25, 0.3) is 0 Å². The molecule has 0 bridgehead atoms. The summed E-state index contributed by atoms with van der Waals surface area (Å²) >= 11 is 0. The smallest absolute Gasteiger partial charge is 0.233 e. The van der Waals surface area contributed by atoms with Crippen LogP contribution in [0.15, 0.2) is 23.8 Å². The van der Waals surface area contributed by atoms with Crippen molar-refractivity contribution < 1.29 is 4.79 Å². The van der Waals surface area contributed by atoms with Gasteiger partial charge in [0.1, 0.15) is 0 Å². The molecule has 2 unspecified atom stereocenters. The molecule has 3 aliphatic rings. The van der Waals surface area contributed by atoms with E-state index in [9.17, 15) is 4.79 Å². The summed E-state index contributed by atoms with van der Waals surface area (Å²) in [7, 11) is 0. The zero-order valence-electron chi connectivity index (χ0n) is 18.6. The monoisotopic (exact) mass is 385 g/mol. The van der Waals surface area contributed by atoms with Crippen molar-refractivity contribution in [3.05, 3.63) is 23.8 Å². The molecule has 0 radical (unpaired) electrons. The summed E-state index contributed by atoms with van der Waals surface area (Å²) in [6.07, 6.45) is 26.5. The van der Waals surface area contributed by atoms with Crippen LogP contribution in [0.1, 0.15) is 110 Å². The van der Waals surface area contributed by atoms with Crippen molar-refractivity contribution in [2.24, 2.45) is 11.3 Å². The van der Waals surface area contributed by atoms with E-state index < -0.39 is 0 Å². The number of hydrogen-bond donors (Lipinski definition) is 0. The SMILES string of the molecule is CCCCCCCCCCCC1=CC2CC2(C(=O)N2CCCC[C@H]2CC)C=C1. The minimum absolute atomic E-state index is 0.160. The van der Waals surface area contributed by atoms with Gasteiger partial charge in [-0.15, -0.1) is 0 Å². The van der Waals surface area contributed by atoms with Crippen LogP contribution in [0.4, 0.5) is 0 Å². The molecular formula is C26H43NO. The fourth-order valence-electron chi connectivity index (χ4n) is 5.36. The van der Waals surface area contributed by atoms with Gasteiger partial charge in [-0.1, -0.05) is 89.0 Å². The van der Waals surface area contributed by atoms with Gasteiger partial charge in [-0.25, -0.2) is 0 Å². The lowest BCUT2D eigenvalue weighted by molar-refractivity contribution is -0.139. The summed E-state index contributed by atoms with van der Waals surface area (Å²) in [5, 5.41) is 0. The molecule has 0 N–H and O–H groups in total. The molecule has 0 aromatic carbocycles. The lowest BCUT2D eigenvalue weighted by Gasteiger charge is -2.37. The highest BCUT2D eigenvalue weighted by molar-refractivity contribution is 5.89. The average Bonchev–Trinajstić information content (AvgIpc) is 3.47. The molecule has 0 aromatic rings. The number of likely N-dealkylation sites (tertiary alicyclic amines) is 1. The Labute approximate surface area is 173 Å². The van der Waals surface area contributed by atoms with Gasteiger partial charge in [-0.3, -0.25) is 4.79 Å². The van der Waals surface area contributed by atoms with E-state index in [0.29, 0.717) is 17.9 Å². The van der Waals surface area contributed by atoms with Crippen LogP contribution in [0.3, 0.4) is 0 Å². The fourth-order valence-corrected chi connectivity index (χ4v) is 5.36. The first-order chi connectivity index (χ1) is 13.7. The zero-order valence-corrected chi connectivity index (χ0v) is 18.6. The van der Waals surface area contributed by atoms with Crippen LogP contribution in [0.25, 0.3) is 0 Å². The van der Waals surface area contributed by atoms with Crippen LogP contribution in [-0.2, 0) is 4.79 Å². The molecule has 1 heterocycles. The van der Waals surface area contributed by atoms with E-state index >= 15 is 0 Å². The summed E-state index contributed by atoms with van der Waals surface area (Å²) in [6.45, 7) is 5.50. The molecule has 1 saturated heterocycles. The molecule has 1 amide bonds. The number of carbonyl (C=O) groups excluding carboxylic acids is 1. The first-order valence-corrected chi connectivity index (χ1v) is 12.4. The Bertz CT molecular complexity index is 563. The maximum atomic E-state index is 13.3. The summed E-state index contributed by atoms with van der Waals surface area (Å²) in [6, 6.07) is 0.484. The van der Waals surface area contributed by atoms with Gasteiger partial charge in [-0.2, -0.15) is 0 Å². The molecule has 3 atom stereocenters. The minimum atomic E-state index is -0.160. The molecule has 1 saturated carbocycles. The zero-order chi connectivity index (χ0) is 19.8. The molecule has 3 rings (SSSR count). The Hall–Kier alpha value is -1.05. The topological polar surface area (TPSA) is 20.3 Å². The second-order valence-electron chi connectivity index (χ2n) is 9.56. The Morgan fingerprint density at radius 3 is 2.43 bits per heavy atom. The number of piperidine rings is 1. The Morgan fingerprint density at radius 1 is 1.04 bits per heavy atom. The molecule has 2 heteroatoms. The first kappa shape index (κ1) is 21.7. The van der Waals surface area contributed by atoms with E-state index in [1.165, 1.54) is 89.0 Å². The predicted molar refractivity (Wildman–Crippen MR) is 119 cm³/mol. The number of hydrogen-bond acceptors (Lipinski definition) is 1. The average molecular weight is 386 g/mol. The van der Waals surface area contributed by atoms with E-state index in [4.69, 9.17) is 0 Å². The van der Waals surface area contributed by atoms with Crippen molar-refractivity contribution in [3.63, 3.8) is 0 Å². The molecule has 2 fully saturated rings. The molecule has 0 spiro atoms. The van der Waals surface area contributed by atoms with Gasteiger partial charge < -0.3 is 4.90 Å². The van der Waals surface area contributed by atoms with Gasteiger partial charge in [0.2, 0.25) is 5.91 Å². The lowest BCUT2D eigenvalue weighted by atomic mass is 9.90. The summed E-state index contributed by atoms with van der Waals surface area (Å²) in [5.74, 6) is 0.914. The van der Waals surface area contributed by atoms with Gasteiger partial charge in [0.15, 0.2) is 0 Å². The summed E-state index contributed by atoms with van der Waals surface area (Å²) in [4.78, 5) is 15.5. The summed E-state index contributed by atoms with van der Waals surface area (Å²) in [5.41, 5.74) is 1.33. The van der Waals surface area contributed by atoms with E-state index in [1.54, 1.807) is 0 Å². The number of fused-ring (bicyclic) bond motifs is 1. The number of allylic oxidation sites excluding steroid dienone is 3. The fraction of sp³-hybridized carbons (Fsp3) is 0.808. The van der Waals surface area contributed by atoms with Crippen LogP contribution in [0.5, 0.6) is 0 Å². The third-order valence-electron chi connectivity index (χ3n) is 7.40. The lowest BCUT2D eigenvalue weighted by Crippen LogP contribution is -2.47. The highest BCUT2D eigenvalue weighted by atomic mass is 16.2. The third kappa shape index (κ3) is 5.30. The first-order valence-electron chi connectivity index (χ1n) is 12.4. The van der Waals surface area contributed by atoms with E-state index in [-0.39, 0.29) is 5.41 Å². The Balaban J connectivity index is 1.36. The molecular weight excluding hydrogens is 342 g/mol. The quantitative estimate of drug-likeness (QED) is 0.325. The van der Waals surface area contributed by atoms with Gasteiger partial charge >= 0.3 is 0 Å². The maximum absolute atomic E-state index is 13.3. The molecule has 28 heavy (non-hydrogen) atoms. The maximum Gasteiger partial charge on any atom is 0.233 e. The van der Waals surface area contributed by atoms with Crippen molar-refractivity contribution >= 4 is 5.91 Å². The molecule has 1 aliphatic heterocycles. The second-order valence-corrected chi connectivity index (χ2v) is 9.56. The van der Waals surface area contributed by atoms with Crippen molar-refractivity contribution in [1.29, 1.82) is 0 Å².